The summed E-state index contributed by atoms with van der Waals surface area (Å²) in [5.41, 5.74) is 0.519. The molecule has 0 radical (unpaired) electrons. The second kappa shape index (κ2) is 9.02. The van der Waals surface area contributed by atoms with Crippen molar-refractivity contribution < 1.29 is 27.6 Å². The van der Waals surface area contributed by atoms with Gasteiger partial charge in [0.25, 0.3) is 5.91 Å². The van der Waals surface area contributed by atoms with Gasteiger partial charge >= 0.3 is 12.2 Å². The molecule has 3 aromatic rings. The Bertz CT molecular complexity index is 1210. The monoisotopic (exact) mass is 474 g/mol. The highest BCUT2D eigenvalue weighted by atomic mass is 32.1. The molecule has 1 aromatic heterocycles. The molecule has 2 aromatic carbocycles. The van der Waals surface area contributed by atoms with E-state index < -0.39 is 23.7 Å². The first-order chi connectivity index (χ1) is 15.7. The molecule has 0 bridgehead atoms. The maximum atomic E-state index is 12.9. The van der Waals surface area contributed by atoms with Gasteiger partial charge in [0.15, 0.2) is 5.13 Å². The number of hydrogen-bond donors (Lipinski definition) is 2. The van der Waals surface area contributed by atoms with E-state index in [-0.39, 0.29) is 36.1 Å². The van der Waals surface area contributed by atoms with Gasteiger partial charge in [-0.1, -0.05) is 36.4 Å². The fraction of sp³-hybridized carbons (Fsp3) is 0.182. The number of benzene rings is 2. The summed E-state index contributed by atoms with van der Waals surface area (Å²) in [7, 11) is 0. The normalized spacial score (nSPS) is 13.8. The van der Waals surface area contributed by atoms with Crippen molar-refractivity contribution in [1.82, 2.24) is 15.2 Å². The third-order valence-corrected chi connectivity index (χ3v) is 5.85. The molecule has 11 heteroatoms. The smallest absolute Gasteiger partial charge is 0.329 e. The first kappa shape index (κ1) is 22.5. The average molecular weight is 474 g/mol. The van der Waals surface area contributed by atoms with Crippen LogP contribution < -0.4 is 10.6 Å². The van der Waals surface area contributed by atoms with E-state index in [4.69, 9.17) is 0 Å². The van der Waals surface area contributed by atoms with Crippen molar-refractivity contribution in [3.05, 3.63) is 81.9 Å². The van der Waals surface area contributed by atoms with Crippen molar-refractivity contribution in [2.75, 3.05) is 11.9 Å². The van der Waals surface area contributed by atoms with Crippen molar-refractivity contribution in [1.29, 1.82) is 0 Å². The first-order valence-corrected chi connectivity index (χ1v) is 10.6. The third kappa shape index (κ3) is 5.20. The number of hydrogen-bond acceptors (Lipinski definition) is 5. The van der Waals surface area contributed by atoms with Crippen LogP contribution >= 0.6 is 11.3 Å². The van der Waals surface area contributed by atoms with Gasteiger partial charge in [-0.05, 0) is 23.3 Å². The lowest BCUT2D eigenvalue weighted by Gasteiger charge is -2.15. The van der Waals surface area contributed by atoms with E-state index >= 15 is 0 Å². The van der Waals surface area contributed by atoms with E-state index in [0.29, 0.717) is 16.0 Å². The lowest BCUT2D eigenvalue weighted by molar-refractivity contribution is -0.137. The van der Waals surface area contributed by atoms with E-state index in [9.17, 15) is 27.6 Å². The Morgan fingerprint density at radius 2 is 1.94 bits per heavy atom. The van der Waals surface area contributed by atoms with Crippen LogP contribution in [0.25, 0.3) is 0 Å². The molecular formula is C22H17F3N4O3S. The molecular weight excluding hydrogens is 457 g/mol. The number of anilines is 1. The number of rotatable bonds is 6. The maximum absolute atomic E-state index is 12.9. The molecule has 1 aliphatic heterocycles. The molecule has 2 heterocycles. The van der Waals surface area contributed by atoms with Crippen LogP contribution in [0.3, 0.4) is 0 Å². The molecule has 0 aliphatic carbocycles. The molecule has 4 amide bonds. The zero-order valence-electron chi connectivity index (χ0n) is 17.0. The van der Waals surface area contributed by atoms with Gasteiger partial charge in [0.1, 0.15) is 0 Å². The predicted molar refractivity (Wildman–Crippen MR) is 115 cm³/mol. The number of urea groups is 1. The van der Waals surface area contributed by atoms with Crippen molar-refractivity contribution >= 4 is 34.3 Å². The first-order valence-electron chi connectivity index (χ1n) is 9.79. The Morgan fingerprint density at radius 3 is 2.67 bits per heavy atom. The molecule has 170 valence electrons. The molecule has 1 fully saturated rings. The van der Waals surface area contributed by atoms with Gasteiger partial charge in [-0.25, -0.2) is 9.78 Å². The summed E-state index contributed by atoms with van der Waals surface area (Å²) in [6, 6.07) is 11.1. The molecule has 1 aliphatic rings. The zero-order valence-corrected chi connectivity index (χ0v) is 17.8. The van der Waals surface area contributed by atoms with Crippen LogP contribution in [0.4, 0.5) is 23.1 Å². The second-order valence-corrected chi connectivity index (χ2v) is 8.37. The Balaban J connectivity index is 1.46. The Hall–Kier alpha value is -3.73. The lowest BCUT2D eigenvalue weighted by atomic mass is 10.1. The van der Waals surface area contributed by atoms with E-state index in [0.717, 1.165) is 28.4 Å². The van der Waals surface area contributed by atoms with Gasteiger partial charge in [0.2, 0.25) is 5.91 Å². The van der Waals surface area contributed by atoms with Crippen LogP contribution in [0.5, 0.6) is 0 Å². The predicted octanol–water partition coefficient (Wildman–Crippen LogP) is 4.06. The minimum atomic E-state index is -4.42. The summed E-state index contributed by atoms with van der Waals surface area (Å²) in [4.78, 5) is 42.3. The SMILES string of the molecule is O=C(Nc1ncc(Cc2cccc(C(F)(F)F)c2)s1)c1ccccc1CN1C(=O)CNC1=O. The van der Waals surface area contributed by atoms with E-state index in [1.54, 1.807) is 30.3 Å². The van der Waals surface area contributed by atoms with Crippen LogP contribution in [0.1, 0.15) is 31.9 Å². The second-order valence-electron chi connectivity index (χ2n) is 7.26. The summed E-state index contributed by atoms with van der Waals surface area (Å²) in [5, 5.41) is 5.38. The minimum Gasteiger partial charge on any atom is -0.329 e. The number of nitrogens with one attached hydrogen (secondary N) is 2. The summed E-state index contributed by atoms with van der Waals surface area (Å²) in [6.45, 7) is -0.131. The third-order valence-electron chi connectivity index (χ3n) is 4.93. The topological polar surface area (TPSA) is 91.4 Å². The van der Waals surface area contributed by atoms with Crippen LogP contribution in [0.2, 0.25) is 0 Å². The highest BCUT2D eigenvalue weighted by molar-refractivity contribution is 7.15. The Labute approximate surface area is 190 Å². The van der Waals surface area contributed by atoms with E-state index in [2.05, 4.69) is 15.6 Å². The molecule has 33 heavy (non-hydrogen) atoms. The van der Waals surface area contributed by atoms with Crippen LogP contribution in [-0.4, -0.2) is 34.3 Å². The average Bonchev–Trinajstić information content (AvgIpc) is 3.34. The summed E-state index contributed by atoms with van der Waals surface area (Å²) < 4.78 is 38.8. The molecule has 0 saturated carbocycles. The molecule has 0 spiro atoms. The lowest BCUT2D eigenvalue weighted by Crippen LogP contribution is -2.31. The number of nitrogens with zero attached hydrogens (tertiary/aromatic N) is 2. The molecule has 1 saturated heterocycles. The van der Waals surface area contributed by atoms with Gasteiger partial charge in [-0.2, -0.15) is 13.2 Å². The van der Waals surface area contributed by atoms with Crippen LogP contribution in [-0.2, 0) is 23.9 Å². The fourth-order valence-corrected chi connectivity index (χ4v) is 4.18. The Morgan fingerprint density at radius 1 is 1.15 bits per heavy atom. The summed E-state index contributed by atoms with van der Waals surface area (Å²) >= 11 is 1.15. The van der Waals surface area contributed by atoms with E-state index in [1.165, 1.54) is 12.3 Å². The van der Waals surface area contributed by atoms with Crippen LogP contribution in [0, 0.1) is 0 Å². The molecule has 0 unspecified atom stereocenters. The number of thiazole rings is 1. The number of carbonyl (C=O) groups excluding carboxylic acids is 3. The van der Waals surface area contributed by atoms with Gasteiger partial charge in [0, 0.05) is 23.1 Å². The maximum Gasteiger partial charge on any atom is 0.416 e. The molecule has 2 N–H and O–H groups in total. The molecule has 0 atom stereocenters. The quantitative estimate of drug-likeness (QED) is 0.528. The molecule has 7 nitrogen and oxygen atoms in total. The number of alkyl halides is 3. The van der Waals surface area contributed by atoms with Crippen molar-refractivity contribution in [3.8, 4) is 0 Å². The van der Waals surface area contributed by atoms with E-state index in [1.807, 2.05) is 0 Å². The number of aromatic nitrogens is 1. The number of halogens is 3. The van der Waals surface area contributed by atoms with Crippen LogP contribution in [0.15, 0.2) is 54.7 Å². The van der Waals surface area contributed by atoms with Crippen molar-refractivity contribution in [2.24, 2.45) is 0 Å². The van der Waals surface area contributed by atoms with Gasteiger partial charge < -0.3 is 5.32 Å². The van der Waals surface area contributed by atoms with Gasteiger partial charge in [-0.3, -0.25) is 19.8 Å². The highest BCUT2D eigenvalue weighted by Crippen LogP contribution is 2.30. The largest absolute Gasteiger partial charge is 0.416 e. The summed E-state index contributed by atoms with van der Waals surface area (Å²) in [5.74, 6) is -0.855. The summed E-state index contributed by atoms with van der Waals surface area (Å²) in [6.07, 6.45) is -2.68. The highest BCUT2D eigenvalue weighted by Gasteiger charge is 2.31. The minimum absolute atomic E-state index is 0.0487. The number of carbonyl (C=O) groups is 3. The zero-order chi connectivity index (χ0) is 23.6. The fourth-order valence-electron chi connectivity index (χ4n) is 3.34. The number of amides is 4. The number of imide groups is 1. The van der Waals surface area contributed by atoms with Crippen molar-refractivity contribution in [3.63, 3.8) is 0 Å². The Kier molecular flexibility index (Phi) is 6.14. The van der Waals surface area contributed by atoms with Crippen molar-refractivity contribution in [2.45, 2.75) is 19.1 Å². The standard InChI is InChI=1S/C22H17F3N4O3S/c23-22(24,25)15-6-3-4-13(8-15)9-16-10-26-20(33-16)28-19(31)17-7-2-1-5-14(17)12-29-18(30)11-27-21(29)32/h1-8,10H,9,11-12H2,(H,27,32)(H,26,28,31). The van der Waals surface area contributed by atoms with Gasteiger partial charge in [-0.15, -0.1) is 11.3 Å². The van der Waals surface area contributed by atoms with Gasteiger partial charge in [0.05, 0.1) is 18.7 Å². The molecule has 4 rings (SSSR count).